The van der Waals surface area contributed by atoms with Crippen molar-refractivity contribution >= 4 is 51.9 Å². The van der Waals surface area contributed by atoms with E-state index in [0.29, 0.717) is 26.2 Å². The zero-order valence-corrected chi connectivity index (χ0v) is 16.2. The second-order valence-corrected chi connectivity index (χ2v) is 7.26. The molecule has 1 saturated heterocycles. The van der Waals surface area contributed by atoms with Crippen LogP contribution in [0.3, 0.4) is 0 Å². The molecule has 0 unspecified atom stereocenters. The monoisotopic (exact) mass is 419 g/mol. The Hall–Kier alpha value is -2.91. The number of hydrogen-bond donors (Lipinski definition) is 1. The topological polar surface area (TPSA) is 76.1 Å². The van der Waals surface area contributed by atoms with E-state index in [9.17, 15) is 14.0 Å². The van der Waals surface area contributed by atoms with Gasteiger partial charge < -0.3 is 14.6 Å². The van der Waals surface area contributed by atoms with E-state index < -0.39 is 18.4 Å². The van der Waals surface area contributed by atoms with Crippen molar-refractivity contribution in [2.24, 2.45) is 0 Å². The number of aliphatic carboxylic acids is 1. The van der Waals surface area contributed by atoms with Crippen LogP contribution < -0.4 is 14.4 Å². The van der Waals surface area contributed by atoms with Crippen molar-refractivity contribution in [1.29, 1.82) is 0 Å². The van der Waals surface area contributed by atoms with Gasteiger partial charge in [-0.05, 0) is 48.0 Å². The number of anilines is 1. The van der Waals surface area contributed by atoms with Crippen molar-refractivity contribution < 1.29 is 28.6 Å². The lowest BCUT2D eigenvalue weighted by Gasteiger charge is -2.14. The largest absolute Gasteiger partial charge is 0.493 e. The summed E-state index contributed by atoms with van der Waals surface area (Å²) in [6.07, 6.45) is 1.65. The number of hydrogen-bond acceptors (Lipinski definition) is 6. The molecule has 28 heavy (non-hydrogen) atoms. The molecule has 9 heteroatoms. The highest BCUT2D eigenvalue weighted by atomic mass is 32.2. The fourth-order valence-corrected chi connectivity index (χ4v) is 3.76. The molecule has 3 rings (SSSR count). The number of carboxylic acid groups (broad SMARTS) is 1. The Balaban J connectivity index is 1.85. The molecule has 2 aromatic rings. The standard InChI is InChI=1S/C19H14FNO5S2/c1-25-15-8-11(2-7-14(15)26-10-17(22)23)9-16-18(24)21(19(27)28-16)13-5-3-12(20)4-6-13/h2-9H,10H2,1H3,(H,22,23)/b16-9-. The smallest absolute Gasteiger partial charge is 0.341 e. The van der Waals surface area contributed by atoms with Crippen molar-refractivity contribution in [2.75, 3.05) is 18.6 Å². The zero-order chi connectivity index (χ0) is 20.3. The van der Waals surface area contributed by atoms with Gasteiger partial charge in [0, 0.05) is 0 Å². The molecule has 0 radical (unpaired) electrons. The van der Waals surface area contributed by atoms with Gasteiger partial charge in [0.25, 0.3) is 5.91 Å². The van der Waals surface area contributed by atoms with Crippen molar-refractivity contribution in [1.82, 2.24) is 0 Å². The fourth-order valence-electron chi connectivity index (χ4n) is 2.46. The van der Waals surface area contributed by atoms with Gasteiger partial charge in [0.05, 0.1) is 17.7 Å². The van der Waals surface area contributed by atoms with Gasteiger partial charge in [-0.1, -0.05) is 30.0 Å². The van der Waals surface area contributed by atoms with Crippen LogP contribution in [0.15, 0.2) is 47.4 Å². The van der Waals surface area contributed by atoms with E-state index in [1.54, 1.807) is 24.3 Å². The van der Waals surface area contributed by atoms with E-state index >= 15 is 0 Å². The molecular weight excluding hydrogens is 405 g/mol. The van der Waals surface area contributed by atoms with E-state index in [1.807, 2.05) is 0 Å². The molecule has 1 amide bonds. The lowest BCUT2D eigenvalue weighted by molar-refractivity contribution is -0.139. The van der Waals surface area contributed by atoms with Gasteiger partial charge in [-0.3, -0.25) is 9.69 Å². The van der Waals surface area contributed by atoms with Crippen LogP contribution in [0.2, 0.25) is 0 Å². The maximum atomic E-state index is 13.1. The van der Waals surface area contributed by atoms with Gasteiger partial charge in [-0.15, -0.1) is 0 Å². The number of thiocarbonyl (C=S) groups is 1. The first kappa shape index (κ1) is 19.8. The van der Waals surface area contributed by atoms with Crippen LogP contribution in [0.4, 0.5) is 10.1 Å². The molecule has 2 aromatic carbocycles. The van der Waals surface area contributed by atoms with Crippen LogP contribution in [0.5, 0.6) is 11.5 Å². The second kappa shape index (κ2) is 8.41. The average Bonchev–Trinajstić information content (AvgIpc) is 2.94. The minimum Gasteiger partial charge on any atom is -0.493 e. The molecule has 0 spiro atoms. The maximum Gasteiger partial charge on any atom is 0.341 e. The number of carbonyl (C=O) groups excluding carboxylic acids is 1. The van der Waals surface area contributed by atoms with E-state index in [-0.39, 0.29) is 11.7 Å². The first-order valence-electron chi connectivity index (χ1n) is 7.95. The first-order chi connectivity index (χ1) is 13.4. The minimum atomic E-state index is -1.10. The third-order valence-corrected chi connectivity index (χ3v) is 5.02. The number of rotatable bonds is 6. The number of methoxy groups -OCH3 is 1. The molecule has 0 atom stereocenters. The van der Waals surface area contributed by atoms with E-state index in [0.717, 1.165) is 11.8 Å². The number of nitrogens with zero attached hydrogens (tertiary/aromatic N) is 1. The summed E-state index contributed by atoms with van der Waals surface area (Å²) in [4.78, 5) is 25.1. The van der Waals surface area contributed by atoms with Crippen molar-refractivity contribution in [3.05, 3.63) is 58.8 Å². The highest BCUT2D eigenvalue weighted by molar-refractivity contribution is 8.27. The summed E-state index contributed by atoms with van der Waals surface area (Å²) in [7, 11) is 1.43. The van der Waals surface area contributed by atoms with Crippen LogP contribution in [0, 0.1) is 5.82 Å². The van der Waals surface area contributed by atoms with Gasteiger partial charge in [-0.25, -0.2) is 9.18 Å². The van der Waals surface area contributed by atoms with Gasteiger partial charge in [0.2, 0.25) is 0 Å². The van der Waals surface area contributed by atoms with Crippen molar-refractivity contribution in [3.63, 3.8) is 0 Å². The highest BCUT2D eigenvalue weighted by Crippen LogP contribution is 2.37. The Kier molecular flexibility index (Phi) is 5.96. The van der Waals surface area contributed by atoms with Crippen LogP contribution in [0.1, 0.15) is 5.56 Å². The number of thioether (sulfide) groups is 1. The van der Waals surface area contributed by atoms with Crippen LogP contribution in [-0.4, -0.2) is 35.0 Å². The Morgan fingerprint density at radius 1 is 1.25 bits per heavy atom. The average molecular weight is 419 g/mol. The molecule has 0 aromatic heterocycles. The Morgan fingerprint density at radius 3 is 2.61 bits per heavy atom. The highest BCUT2D eigenvalue weighted by Gasteiger charge is 2.33. The third kappa shape index (κ3) is 4.32. The summed E-state index contributed by atoms with van der Waals surface area (Å²) in [6.45, 7) is -0.494. The van der Waals surface area contributed by atoms with Crippen LogP contribution in [-0.2, 0) is 9.59 Å². The summed E-state index contributed by atoms with van der Waals surface area (Å²) in [5, 5.41) is 8.72. The summed E-state index contributed by atoms with van der Waals surface area (Å²) in [6, 6.07) is 10.4. The van der Waals surface area contributed by atoms with Crippen molar-refractivity contribution in [3.8, 4) is 11.5 Å². The van der Waals surface area contributed by atoms with Crippen LogP contribution in [0.25, 0.3) is 6.08 Å². The molecule has 1 aliphatic heterocycles. The number of ether oxygens (including phenoxy) is 2. The quantitative estimate of drug-likeness (QED) is 0.565. The third-order valence-electron chi connectivity index (χ3n) is 3.72. The number of carboxylic acids is 1. The Labute approximate surface area is 169 Å². The number of amides is 1. The van der Waals surface area contributed by atoms with E-state index in [2.05, 4.69) is 0 Å². The molecule has 6 nitrogen and oxygen atoms in total. The maximum absolute atomic E-state index is 13.1. The van der Waals surface area contributed by atoms with Crippen LogP contribution >= 0.6 is 24.0 Å². The van der Waals surface area contributed by atoms with Crippen molar-refractivity contribution in [2.45, 2.75) is 0 Å². The normalized spacial score (nSPS) is 15.2. The van der Waals surface area contributed by atoms with Gasteiger partial charge in [0.15, 0.2) is 22.4 Å². The van der Waals surface area contributed by atoms with Gasteiger partial charge in [-0.2, -0.15) is 0 Å². The lowest BCUT2D eigenvalue weighted by Crippen LogP contribution is -2.27. The van der Waals surface area contributed by atoms with Gasteiger partial charge >= 0.3 is 5.97 Å². The number of halogens is 1. The molecule has 1 N–H and O–H groups in total. The molecule has 144 valence electrons. The van der Waals surface area contributed by atoms with E-state index in [1.165, 1.54) is 36.3 Å². The van der Waals surface area contributed by atoms with E-state index in [4.69, 9.17) is 26.8 Å². The summed E-state index contributed by atoms with van der Waals surface area (Å²) in [5.74, 6) is -1.20. The minimum absolute atomic E-state index is 0.279. The summed E-state index contributed by atoms with van der Waals surface area (Å²) >= 11 is 6.42. The zero-order valence-electron chi connectivity index (χ0n) is 14.5. The Morgan fingerprint density at radius 2 is 1.96 bits per heavy atom. The second-order valence-electron chi connectivity index (χ2n) is 5.59. The van der Waals surface area contributed by atoms with Gasteiger partial charge in [0.1, 0.15) is 5.82 Å². The number of carbonyl (C=O) groups is 2. The predicted molar refractivity (Wildman–Crippen MR) is 108 cm³/mol. The molecule has 1 aliphatic rings. The molecule has 0 aliphatic carbocycles. The summed E-state index contributed by atoms with van der Waals surface area (Å²) < 4.78 is 23.9. The Bertz CT molecular complexity index is 975. The first-order valence-corrected chi connectivity index (χ1v) is 9.17. The molecule has 1 fully saturated rings. The SMILES string of the molecule is COc1cc(/C=C2\SC(=S)N(c3ccc(F)cc3)C2=O)ccc1OCC(=O)O. The molecule has 0 saturated carbocycles. The molecule has 0 bridgehead atoms. The lowest BCUT2D eigenvalue weighted by atomic mass is 10.2. The molecule has 1 heterocycles. The molecular formula is C19H14FNO5S2. The fraction of sp³-hybridized carbons (Fsp3) is 0.105. The number of benzene rings is 2. The summed E-state index contributed by atoms with van der Waals surface area (Å²) in [5.41, 5.74) is 1.14. The predicted octanol–water partition coefficient (Wildman–Crippen LogP) is 3.70.